The Balaban J connectivity index is 1.98. The third kappa shape index (κ3) is 6.55. The molecule has 0 radical (unpaired) electrons. The van der Waals surface area contributed by atoms with Crippen LogP contribution in [-0.4, -0.2) is 77.1 Å². The highest BCUT2D eigenvalue weighted by molar-refractivity contribution is 5.82. The van der Waals surface area contributed by atoms with Crippen molar-refractivity contribution in [2.24, 2.45) is 0 Å². The highest BCUT2D eigenvalue weighted by Gasteiger charge is 2.19. The fourth-order valence-electron chi connectivity index (χ4n) is 3.65. The van der Waals surface area contributed by atoms with E-state index < -0.39 is 0 Å². The summed E-state index contributed by atoms with van der Waals surface area (Å²) in [4.78, 5) is 40.7. The number of fused-ring (bicyclic) bond motifs is 1. The van der Waals surface area contributed by atoms with E-state index in [4.69, 9.17) is 9.47 Å². The Morgan fingerprint density at radius 2 is 1.97 bits per heavy atom. The molecule has 11 nitrogen and oxygen atoms in total. The normalized spacial score (nSPS) is 11.9. The second-order valence-electron chi connectivity index (χ2n) is 8.37. The van der Waals surface area contributed by atoms with Crippen LogP contribution in [0.1, 0.15) is 26.7 Å². The Bertz CT molecular complexity index is 1210. The molecular formula is C25H34N6O5. The molecule has 11 heteroatoms. The monoisotopic (exact) mass is 498 g/mol. The number of amides is 1. The van der Waals surface area contributed by atoms with E-state index >= 15 is 0 Å². The van der Waals surface area contributed by atoms with E-state index in [9.17, 15) is 14.7 Å². The van der Waals surface area contributed by atoms with Crippen LogP contribution in [0.3, 0.4) is 0 Å². The number of carbonyl (C=O) groups excluding carboxylic acids is 1. The maximum absolute atomic E-state index is 13.5. The van der Waals surface area contributed by atoms with Gasteiger partial charge in [0.05, 0.1) is 38.4 Å². The van der Waals surface area contributed by atoms with Crippen LogP contribution in [0.2, 0.25) is 0 Å². The molecule has 0 saturated heterocycles. The molecule has 0 aliphatic carbocycles. The van der Waals surface area contributed by atoms with Crippen molar-refractivity contribution in [3.05, 3.63) is 40.9 Å². The van der Waals surface area contributed by atoms with E-state index in [1.807, 2.05) is 26.0 Å². The number of hydrogen-bond donors (Lipinski definition) is 2. The first-order valence-electron chi connectivity index (χ1n) is 12.0. The van der Waals surface area contributed by atoms with Crippen LogP contribution < -0.4 is 20.5 Å². The fourth-order valence-corrected chi connectivity index (χ4v) is 3.65. The molecule has 0 saturated carbocycles. The zero-order valence-electron chi connectivity index (χ0n) is 21.2. The number of likely N-dealkylation sites (N-methyl/N-ethyl adjacent to an activating group) is 1. The molecule has 3 rings (SSSR count). The number of nitrogens with zero attached hydrogens (tertiary/aromatic N) is 5. The Hall–Kier alpha value is -3.57. The minimum atomic E-state index is -0.348. The molecule has 0 spiro atoms. The first kappa shape index (κ1) is 27.0. The smallest absolute Gasteiger partial charge is 0.294 e. The number of nitrogens with one attached hydrogen (secondary N) is 1. The van der Waals surface area contributed by atoms with Gasteiger partial charge in [-0.3, -0.25) is 14.2 Å². The first-order chi connectivity index (χ1) is 17.4. The summed E-state index contributed by atoms with van der Waals surface area (Å²) >= 11 is 0. The van der Waals surface area contributed by atoms with E-state index in [1.165, 1.54) is 4.90 Å². The molecular weight excluding hydrogens is 464 g/mol. The lowest BCUT2D eigenvalue weighted by molar-refractivity contribution is -0.120. The number of methoxy groups -OCH3 is 1. The zero-order chi connectivity index (χ0) is 26.1. The van der Waals surface area contributed by atoms with Gasteiger partial charge in [0.2, 0.25) is 11.8 Å². The highest BCUT2D eigenvalue weighted by atomic mass is 16.5. The van der Waals surface area contributed by atoms with Crippen molar-refractivity contribution in [3.8, 4) is 17.0 Å². The van der Waals surface area contributed by atoms with E-state index in [2.05, 4.69) is 20.3 Å². The third-order valence-corrected chi connectivity index (χ3v) is 5.69. The number of hydrogen-bond acceptors (Lipinski definition) is 9. The van der Waals surface area contributed by atoms with Crippen LogP contribution in [-0.2, 0) is 16.1 Å². The summed E-state index contributed by atoms with van der Waals surface area (Å²) in [5.41, 5.74) is 2.18. The van der Waals surface area contributed by atoms with Gasteiger partial charge in [-0.05, 0) is 25.0 Å². The lowest BCUT2D eigenvalue weighted by Crippen LogP contribution is -2.44. The molecule has 3 aromatic rings. The van der Waals surface area contributed by atoms with Crippen LogP contribution in [0.25, 0.3) is 22.3 Å². The average molecular weight is 499 g/mol. The molecule has 3 heterocycles. The number of aliphatic hydroxyl groups excluding tert-OH is 1. The van der Waals surface area contributed by atoms with Gasteiger partial charge >= 0.3 is 0 Å². The van der Waals surface area contributed by atoms with Crippen molar-refractivity contribution in [1.29, 1.82) is 0 Å². The predicted molar refractivity (Wildman–Crippen MR) is 137 cm³/mol. The van der Waals surface area contributed by atoms with Gasteiger partial charge in [0, 0.05) is 49.8 Å². The van der Waals surface area contributed by atoms with Crippen LogP contribution in [0.15, 0.2) is 35.4 Å². The van der Waals surface area contributed by atoms with E-state index in [0.29, 0.717) is 43.2 Å². The lowest BCUT2D eigenvalue weighted by atomic mass is 10.1. The second kappa shape index (κ2) is 12.9. The summed E-state index contributed by atoms with van der Waals surface area (Å²) in [6.45, 7) is 4.89. The van der Waals surface area contributed by atoms with Gasteiger partial charge in [-0.2, -0.15) is 0 Å². The van der Waals surface area contributed by atoms with Crippen LogP contribution in [0.4, 0.5) is 5.82 Å². The van der Waals surface area contributed by atoms with Crippen LogP contribution in [0, 0.1) is 0 Å². The Kier molecular flexibility index (Phi) is 9.71. The summed E-state index contributed by atoms with van der Waals surface area (Å²) in [7, 11) is 3.18. The number of pyridine rings is 2. The third-order valence-electron chi connectivity index (χ3n) is 5.69. The molecule has 1 atom stereocenters. The second-order valence-corrected chi connectivity index (χ2v) is 8.37. The first-order valence-corrected chi connectivity index (χ1v) is 12.0. The molecule has 0 unspecified atom stereocenters. The van der Waals surface area contributed by atoms with Crippen molar-refractivity contribution >= 4 is 22.9 Å². The lowest BCUT2D eigenvalue weighted by Gasteiger charge is -2.21. The summed E-state index contributed by atoms with van der Waals surface area (Å²) in [6.07, 6.45) is 4.82. The van der Waals surface area contributed by atoms with Crippen LogP contribution in [0.5, 0.6) is 5.88 Å². The summed E-state index contributed by atoms with van der Waals surface area (Å²) < 4.78 is 12.3. The van der Waals surface area contributed by atoms with Gasteiger partial charge in [0.1, 0.15) is 0 Å². The number of carbonyl (C=O) groups is 1. The fraction of sp³-hybridized carbons (Fsp3) is 0.480. The maximum Gasteiger partial charge on any atom is 0.294 e. The largest absolute Gasteiger partial charge is 0.481 e. The molecule has 3 aromatic heterocycles. The predicted octanol–water partition coefficient (Wildman–Crippen LogP) is 1.61. The number of aliphatic hydroxyl groups is 1. The minimum absolute atomic E-state index is 0.0911. The highest BCUT2D eigenvalue weighted by Crippen LogP contribution is 2.23. The Morgan fingerprint density at radius 1 is 1.19 bits per heavy atom. The molecule has 0 fully saturated rings. The molecule has 0 bridgehead atoms. The topological polar surface area (TPSA) is 132 Å². The minimum Gasteiger partial charge on any atom is -0.481 e. The van der Waals surface area contributed by atoms with Crippen LogP contribution >= 0.6 is 0 Å². The molecule has 194 valence electrons. The zero-order valence-corrected chi connectivity index (χ0v) is 21.2. The van der Waals surface area contributed by atoms with Crippen molar-refractivity contribution in [2.75, 3.05) is 45.4 Å². The number of rotatable bonds is 13. The quantitative estimate of drug-likeness (QED) is 0.337. The molecule has 2 N–H and O–H groups in total. The number of ether oxygens (including phenoxy) is 2. The number of aromatic nitrogens is 4. The summed E-state index contributed by atoms with van der Waals surface area (Å²) in [5.74, 6) is 0.296. The number of anilines is 1. The molecule has 0 aromatic carbocycles. The van der Waals surface area contributed by atoms with Gasteiger partial charge in [-0.15, -0.1) is 0 Å². The maximum atomic E-state index is 13.5. The van der Waals surface area contributed by atoms with Gasteiger partial charge in [0.25, 0.3) is 5.56 Å². The van der Waals surface area contributed by atoms with Gasteiger partial charge in [-0.25, -0.2) is 15.0 Å². The Morgan fingerprint density at radius 3 is 2.61 bits per heavy atom. The van der Waals surface area contributed by atoms with Gasteiger partial charge in [0.15, 0.2) is 11.5 Å². The molecule has 36 heavy (non-hydrogen) atoms. The molecule has 0 aliphatic heterocycles. The van der Waals surface area contributed by atoms with E-state index in [0.717, 1.165) is 17.5 Å². The van der Waals surface area contributed by atoms with E-state index in [-0.39, 0.29) is 36.5 Å². The Labute approximate surface area is 210 Å². The van der Waals surface area contributed by atoms with Gasteiger partial charge in [-0.1, -0.05) is 13.8 Å². The van der Waals surface area contributed by atoms with Crippen molar-refractivity contribution < 1.29 is 19.4 Å². The summed E-state index contributed by atoms with van der Waals surface area (Å²) in [6, 6.07) is 5.14. The average Bonchev–Trinajstić information content (AvgIpc) is 2.90. The van der Waals surface area contributed by atoms with Crippen molar-refractivity contribution in [3.63, 3.8) is 0 Å². The molecule has 1 amide bonds. The standard InChI is InChI=1S/C25H34N6O5/c1-5-10-36-11-9-31-20-12-18(17-7-8-22(35-4)26-13-17)14-27-23(20)29-24(25(31)34)30(3)15-21(33)28-19(6-2)16-32/h7-8,12-14,19,32H,5-6,9-11,15-16H2,1-4H3,(H,28,33)/t19-/m0/s1. The van der Waals surface area contributed by atoms with Crippen molar-refractivity contribution in [2.45, 2.75) is 39.3 Å². The van der Waals surface area contributed by atoms with Gasteiger partial charge < -0.3 is 24.8 Å². The molecule has 0 aliphatic rings. The van der Waals surface area contributed by atoms with Crippen molar-refractivity contribution in [1.82, 2.24) is 24.8 Å². The van der Waals surface area contributed by atoms with E-state index in [1.54, 1.807) is 37.2 Å². The SMILES string of the molecule is CCCOCCn1c(=O)c(N(C)CC(=O)N[C@@H](CC)CO)nc2ncc(-c3ccc(OC)nc3)cc21. The summed E-state index contributed by atoms with van der Waals surface area (Å²) in [5, 5.41) is 12.1.